The number of hydrogen-bond acceptors (Lipinski definition) is 7. The van der Waals surface area contributed by atoms with Gasteiger partial charge < -0.3 is 5.11 Å². The maximum absolute atomic E-state index is 12.7. The minimum Gasteiger partial charge on any atom is -0.494 e. The number of benzene rings is 2. The highest BCUT2D eigenvalue weighted by molar-refractivity contribution is 5.44. The molecule has 27 heavy (non-hydrogen) atoms. The largest absolute Gasteiger partial charge is 0.494 e. The van der Waals surface area contributed by atoms with E-state index in [1.54, 1.807) is 0 Å². The Hall–Kier alpha value is -4.28. The van der Waals surface area contributed by atoms with Crippen LogP contribution in [0.2, 0.25) is 0 Å². The van der Waals surface area contributed by atoms with E-state index in [2.05, 4.69) is 0 Å². The van der Waals surface area contributed by atoms with Crippen molar-refractivity contribution in [3.05, 3.63) is 95.7 Å². The Kier molecular flexibility index (Phi) is 4.26. The third-order valence-electron chi connectivity index (χ3n) is 3.72. The molecule has 1 N–H and O–H groups in total. The van der Waals surface area contributed by atoms with Gasteiger partial charge in [-0.05, 0) is 24.3 Å². The second-order valence-electron chi connectivity index (χ2n) is 5.34. The SMILES string of the molecule is O=c1cc(O)n(-c2ccc([N+](=O)[O-])cc2)c(=O)n1-c1ccc([N+](=O)[O-])cc1. The first-order valence-corrected chi connectivity index (χ1v) is 7.37. The molecule has 0 radical (unpaired) electrons. The summed E-state index contributed by atoms with van der Waals surface area (Å²) in [5.74, 6) is -0.656. The van der Waals surface area contributed by atoms with Crippen molar-refractivity contribution in [2.45, 2.75) is 0 Å². The second-order valence-corrected chi connectivity index (χ2v) is 5.34. The molecule has 0 unspecified atom stereocenters. The number of hydrogen-bond donors (Lipinski definition) is 1. The minimum absolute atomic E-state index is 0.0614. The van der Waals surface area contributed by atoms with Gasteiger partial charge in [-0.25, -0.2) is 13.9 Å². The lowest BCUT2D eigenvalue weighted by atomic mass is 10.2. The lowest BCUT2D eigenvalue weighted by molar-refractivity contribution is -0.385. The molecule has 0 spiro atoms. The number of aromatic nitrogens is 2. The lowest BCUT2D eigenvalue weighted by Crippen LogP contribution is -2.37. The lowest BCUT2D eigenvalue weighted by Gasteiger charge is -2.12. The molecule has 0 fully saturated rings. The van der Waals surface area contributed by atoms with Gasteiger partial charge in [0.25, 0.3) is 16.9 Å². The van der Waals surface area contributed by atoms with Crippen LogP contribution in [-0.2, 0) is 0 Å². The van der Waals surface area contributed by atoms with Crippen molar-refractivity contribution in [1.29, 1.82) is 0 Å². The molecule has 11 heteroatoms. The number of aromatic hydroxyl groups is 1. The number of nitro groups is 2. The summed E-state index contributed by atoms with van der Waals surface area (Å²) in [6.45, 7) is 0. The highest BCUT2D eigenvalue weighted by Gasteiger charge is 2.16. The molecule has 136 valence electrons. The van der Waals surface area contributed by atoms with Crippen LogP contribution in [0.1, 0.15) is 0 Å². The van der Waals surface area contributed by atoms with Crippen molar-refractivity contribution in [2.75, 3.05) is 0 Å². The number of rotatable bonds is 4. The van der Waals surface area contributed by atoms with E-state index in [9.17, 15) is 34.9 Å². The monoisotopic (exact) mass is 370 g/mol. The van der Waals surface area contributed by atoms with E-state index in [0.717, 1.165) is 34.9 Å². The molecule has 0 saturated carbocycles. The van der Waals surface area contributed by atoms with E-state index in [1.165, 1.54) is 24.3 Å². The summed E-state index contributed by atoms with van der Waals surface area (Å²) in [5.41, 5.74) is -2.06. The van der Waals surface area contributed by atoms with Crippen LogP contribution in [-0.4, -0.2) is 24.1 Å². The van der Waals surface area contributed by atoms with Crippen molar-refractivity contribution in [3.63, 3.8) is 0 Å². The third kappa shape index (κ3) is 3.16. The van der Waals surface area contributed by atoms with E-state index >= 15 is 0 Å². The Morgan fingerprint density at radius 2 is 1.15 bits per heavy atom. The van der Waals surface area contributed by atoms with Crippen LogP contribution >= 0.6 is 0 Å². The van der Waals surface area contributed by atoms with Gasteiger partial charge >= 0.3 is 5.69 Å². The Balaban J connectivity index is 2.19. The van der Waals surface area contributed by atoms with Gasteiger partial charge in [-0.15, -0.1) is 0 Å². The zero-order chi connectivity index (χ0) is 19.7. The molecular weight excluding hydrogens is 360 g/mol. The zero-order valence-electron chi connectivity index (χ0n) is 13.4. The summed E-state index contributed by atoms with van der Waals surface area (Å²) in [6.07, 6.45) is 0. The van der Waals surface area contributed by atoms with Gasteiger partial charge in [0.05, 0.1) is 27.3 Å². The minimum atomic E-state index is -0.942. The van der Waals surface area contributed by atoms with Gasteiger partial charge in [0.1, 0.15) is 0 Å². The van der Waals surface area contributed by atoms with Crippen molar-refractivity contribution in [3.8, 4) is 17.3 Å². The first-order valence-electron chi connectivity index (χ1n) is 7.37. The average molecular weight is 370 g/mol. The Bertz CT molecular complexity index is 1160. The van der Waals surface area contributed by atoms with E-state index < -0.39 is 27.0 Å². The molecule has 3 aromatic rings. The van der Waals surface area contributed by atoms with Crippen molar-refractivity contribution >= 4 is 11.4 Å². The fourth-order valence-electron chi connectivity index (χ4n) is 2.46. The van der Waals surface area contributed by atoms with Crippen LogP contribution in [0.4, 0.5) is 11.4 Å². The highest BCUT2D eigenvalue weighted by atomic mass is 16.6. The van der Waals surface area contributed by atoms with Crippen molar-refractivity contribution in [2.24, 2.45) is 0 Å². The van der Waals surface area contributed by atoms with Gasteiger partial charge in [-0.1, -0.05) is 0 Å². The van der Waals surface area contributed by atoms with Gasteiger partial charge in [-0.2, -0.15) is 0 Å². The molecular formula is C16H10N4O7. The quantitative estimate of drug-likeness (QED) is 0.540. The molecule has 0 bridgehead atoms. The molecule has 0 atom stereocenters. The van der Waals surface area contributed by atoms with E-state index in [-0.39, 0.29) is 22.7 Å². The summed E-state index contributed by atoms with van der Waals surface area (Å²) in [5, 5.41) is 31.5. The van der Waals surface area contributed by atoms with Gasteiger partial charge in [0.15, 0.2) is 0 Å². The molecule has 3 rings (SSSR count). The number of nitrogens with zero attached hydrogens (tertiary/aromatic N) is 4. The zero-order valence-corrected chi connectivity index (χ0v) is 13.4. The van der Waals surface area contributed by atoms with Crippen LogP contribution in [0, 0.1) is 20.2 Å². The molecule has 0 aliphatic rings. The molecule has 2 aromatic carbocycles. The van der Waals surface area contributed by atoms with E-state index in [0.29, 0.717) is 4.57 Å². The van der Waals surface area contributed by atoms with Crippen LogP contribution in [0.3, 0.4) is 0 Å². The standard InChI is InChI=1S/C16H10N4O7/c21-14-9-15(22)18(11-3-7-13(8-4-11)20(26)27)16(23)17(14)10-1-5-12(6-2-10)19(24)25/h1-9,21H. The van der Waals surface area contributed by atoms with Gasteiger partial charge in [-0.3, -0.25) is 25.0 Å². The average Bonchev–Trinajstić information content (AvgIpc) is 2.62. The summed E-state index contributed by atoms with van der Waals surface area (Å²) in [7, 11) is 0. The molecule has 0 aliphatic heterocycles. The summed E-state index contributed by atoms with van der Waals surface area (Å²) >= 11 is 0. The first kappa shape index (κ1) is 17.5. The summed E-state index contributed by atoms with van der Waals surface area (Å²) < 4.78 is 1.50. The number of nitro benzene ring substituents is 2. The summed E-state index contributed by atoms with van der Waals surface area (Å²) in [6, 6.07) is 10.3. The van der Waals surface area contributed by atoms with Crippen LogP contribution in [0.25, 0.3) is 11.4 Å². The molecule has 11 nitrogen and oxygen atoms in total. The topological polar surface area (TPSA) is 151 Å². The van der Waals surface area contributed by atoms with Gasteiger partial charge in [0.2, 0.25) is 5.88 Å². The Labute approximate surface area is 149 Å². The molecule has 0 saturated heterocycles. The highest BCUT2D eigenvalue weighted by Crippen LogP contribution is 2.18. The Morgan fingerprint density at radius 3 is 1.56 bits per heavy atom. The summed E-state index contributed by atoms with van der Waals surface area (Å²) in [4.78, 5) is 45.1. The maximum atomic E-state index is 12.7. The third-order valence-corrected chi connectivity index (χ3v) is 3.72. The smallest absolute Gasteiger partial charge is 0.343 e. The van der Waals surface area contributed by atoms with Crippen LogP contribution in [0.15, 0.2) is 64.2 Å². The molecule has 1 heterocycles. The predicted molar refractivity (Wildman–Crippen MR) is 92.6 cm³/mol. The van der Waals surface area contributed by atoms with Crippen LogP contribution < -0.4 is 11.2 Å². The van der Waals surface area contributed by atoms with Gasteiger partial charge in [0, 0.05) is 24.3 Å². The normalized spacial score (nSPS) is 10.5. The van der Waals surface area contributed by atoms with E-state index in [4.69, 9.17) is 0 Å². The predicted octanol–water partition coefficient (Wildman–Crippen LogP) is 1.51. The molecule has 0 amide bonds. The van der Waals surface area contributed by atoms with Crippen molar-refractivity contribution < 1.29 is 15.0 Å². The fourth-order valence-corrected chi connectivity index (χ4v) is 2.46. The molecule has 0 aliphatic carbocycles. The second kappa shape index (κ2) is 6.55. The van der Waals surface area contributed by atoms with Crippen molar-refractivity contribution in [1.82, 2.24) is 9.13 Å². The Morgan fingerprint density at radius 1 is 0.741 bits per heavy atom. The van der Waals surface area contributed by atoms with E-state index in [1.807, 2.05) is 0 Å². The maximum Gasteiger partial charge on any atom is 0.343 e. The fraction of sp³-hybridized carbons (Fsp3) is 0. The molecule has 1 aromatic heterocycles. The first-order chi connectivity index (χ1) is 12.8. The number of non-ortho nitro benzene ring substituents is 2. The van der Waals surface area contributed by atoms with Crippen LogP contribution in [0.5, 0.6) is 5.88 Å².